The third-order valence-electron chi connectivity index (χ3n) is 7.36. The van der Waals surface area contributed by atoms with Crippen LogP contribution >= 0.6 is 0 Å². The molecule has 0 saturated carbocycles. The van der Waals surface area contributed by atoms with Crippen molar-refractivity contribution in [3.05, 3.63) is 108 Å². The minimum atomic E-state index is -0.468. The first-order valence-electron chi connectivity index (χ1n) is 13.1. The van der Waals surface area contributed by atoms with E-state index in [4.69, 9.17) is 14.6 Å². The van der Waals surface area contributed by atoms with Gasteiger partial charge in [0.1, 0.15) is 5.75 Å². The molecule has 5 heteroatoms. The number of hydrogen-bond acceptors (Lipinski definition) is 4. The van der Waals surface area contributed by atoms with Crippen molar-refractivity contribution in [3.8, 4) is 5.75 Å². The number of hydrogen-bond donors (Lipinski definition) is 0. The lowest BCUT2D eigenvalue weighted by Crippen LogP contribution is -2.18. The molecule has 0 amide bonds. The van der Waals surface area contributed by atoms with Gasteiger partial charge in [-0.15, -0.1) is 0 Å². The highest BCUT2D eigenvalue weighted by Gasteiger charge is 2.24. The fraction of sp³-hybridized carbons (Fsp3) is 0.250. The monoisotopic (exact) mass is 490 g/mol. The number of fused-ring (bicyclic) bond motifs is 2. The molecule has 0 N–H and O–H groups in total. The average molecular weight is 491 g/mol. The number of ether oxygens (including phenoxy) is 2. The van der Waals surface area contributed by atoms with Gasteiger partial charge in [0, 0.05) is 23.6 Å². The smallest absolute Gasteiger partial charge is 0.335 e. The van der Waals surface area contributed by atoms with Crippen LogP contribution in [0, 0.1) is 0 Å². The number of rotatable bonds is 5. The Labute approximate surface area is 217 Å². The predicted octanol–water partition coefficient (Wildman–Crippen LogP) is 7.12. The van der Waals surface area contributed by atoms with Crippen LogP contribution in [0.15, 0.2) is 85.6 Å². The van der Waals surface area contributed by atoms with Gasteiger partial charge in [-0.1, -0.05) is 55.1 Å². The summed E-state index contributed by atoms with van der Waals surface area (Å²) in [5, 5.41) is 5.77. The maximum absolute atomic E-state index is 12.2. The van der Waals surface area contributed by atoms with Crippen LogP contribution in [0.1, 0.15) is 60.6 Å². The molecule has 1 saturated heterocycles. The van der Waals surface area contributed by atoms with E-state index in [9.17, 15) is 4.79 Å². The molecular weight excluding hydrogens is 460 g/mol. The number of carbonyl (C=O) groups excluding carboxylic acids is 1. The van der Waals surface area contributed by atoms with Gasteiger partial charge in [-0.3, -0.25) is 0 Å². The zero-order valence-corrected chi connectivity index (χ0v) is 20.9. The zero-order chi connectivity index (χ0) is 25.2. The molecule has 5 nitrogen and oxygen atoms in total. The standard InChI is InChI=1S/C32H30N2O3/c1-2-31(35)37-29-15-6-5-13-27(29)32(26-14-9-11-22-10-3-4-12-25(22)26)23-17-18-28-24(20-23)21-33-34(28)30-16-7-8-19-36-30/h2-6,10,12-13,15,17-18,20-21,30H,1,7-9,11,14,16,19H2/b32-26+. The number of esters is 1. The third kappa shape index (κ3) is 4.51. The van der Waals surface area contributed by atoms with E-state index in [1.54, 1.807) is 0 Å². The van der Waals surface area contributed by atoms with Gasteiger partial charge in [0.25, 0.3) is 0 Å². The van der Waals surface area contributed by atoms with Crippen molar-refractivity contribution < 1.29 is 14.3 Å². The number of aromatic nitrogens is 2. The summed E-state index contributed by atoms with van der Waals surface area (Å²) in [5.74, 6) is 0.0643. The van der Waals surface area contributed by atoms with Crippen molar-refractivity contribution in [2.24, 2.45) is 0 Å². The van der Waals surface area contributed by atoms with Crippen LogP contribution in [-0.2, 0) is 16.0 Å². The highest BCUT2D eigenvalue weighted by molar-refractivity contribution is 6.03. The minimum Gasteiger partial charge on any atom is -0.423 e. The van der Waals surface area contributed by atoms with Crippen LogP contribution in [0.4, 0.5) is 0 Å². The number of nitrogens with zero attached hydrogens (tertiary/aromatic N) is 2. The lowest BCUT2D eigenvalue weighted by molar-refractivity contribution is -0.128. The quantitative estimate of drug-likeness (QED) is 0.170. The zero-order valence-electron chi connectivity index (χ0n) is 20.9. The molecule has 2 heterocycles. The molecule has 37 heavy (non-hydrogen) atoms. The van der Waals surface area contributed by atoms with Gasteiger partial charge in [-0.2, -0.15) is 5.10 Å². The number of para-hydroxylation sites is 1. The first kappa shape index (κ1) is 23.4. The number of benzene rings is 3. The molecule has 4 aromatic rings. The van der Waals surface area contributed by atoms with Gasteiger partial charge in [0.2, 0.25) is 0 Å². The summed E-state index contributed by atoms with van der Waals surface area (Å²) in [7, 11) is 0. The van der Waals surface area contributed by atoms with Crippen molar-refractivity contribution in [3.63, 3.8) is 0 Å². The highest BCUT2D eigenvalue weighted by atomic mass is 16.5. The van der Waals surface area contributed by atoms with Crippen LogP contribution in [0.2, 0.25) is 0 Å². The van der Waals surface area contributed by atoms with Gasteiger partial charge in [-0.05, 0) is 84.6 Å². The van der Waals surface area contributed by atoms with Crippen LogP contribution in [0.25, 0.3) is 22.0 Å². The Morgan fingerprint density at radius 1 is 1.03 bits per heavy atom. The average Bonchev–Trinajstić information content (AvgIpc) is 3.38. The predicted molar refractivity (Wildman–Crippen MR) is 146 cm³/mol. The van der Waals surface area contributed by atoms with E-state index < -0.39 is 5.97 Å². The maximum atomic E-state index is 12.2. The third-order valence-corrected chi connectivity index (χ3v) is 7.36. The van der Waals surface area contributed by atoms with Crippen molar-refractivity contribution >= 4 is 28.0 Å². The molecule has 1 aromatic heterocycles. The molecule has 1 atom stereocenters. The van der Waals surface area contributed by atoms with E-state index >= 15 is 0 Å². The van der Waals surface area contributed by atoms with Crippen LogP contribution < -0.4 is 4.74 Å². The summed E-state index contributed by atoms with van der Waals surface area (Å²) in [6.07, 6.45) is 9.44. The first-order valence-corrected chi connectivity index (χ1v) is 13.1. The fourth-order valence-corrected chi connectivity index (χ4v) is 5.64. The lowest BCUT2D eigenvalue weighted by atomic mass is 9.80. The molecule has 1 fully saturated rings. The Morgan fingerprint density at radius 2 is 1.89 bits per heavy atom. The van der Waals surface area contributed by atoms with Crippen molar-refractivity contribution in [2.45, 2.75) is 44.8 Å². The second kappa shape index (κ2) is 10.2. The number of aryl methyl sites for hydroxylation is 1. The Bertz CT molecular complexity index is 1510. The largest absolute Gasteiger partial charge is 0.423 e. The lowest BCUT2D eigenvalue weighted by Gasteiger charge is -2.25. The van der Waals surface area contributed by atoms with Gasteiger partial charge in [0.15, 0.2) is 6.23 Å². The molecule has 2 aliphatic rings. The molecule has 0 bridgehead atoms. The van der Waals surface area contributed by atoms with E-state index in [0.717, 1.165) is 72.7 Å². The summed E-state index contributed by atoms with van der Waals surface area (Å²) in [4.78, 5) is 12.2. The number of carbonyl (C=O) groups is 1. The van der Waals surface area contributed by atoms with E-state index in [2.05, 4.69) is 49.0 Å². The Morgan fingerprint density at radius 3 is 2.76 bits per heavy atom. The molecule has 6 rings (SSSR count). The Balaban J connectivity index is 1.54. The second-order valence-corrected chi connectivity index (χ2v) is 9.67. The van der Waals surface area contributed by atoms with Crippen LogP contribution in [-0.4, -0.2) is 22.4 Å². The topological polar surface area (TPSA) is 53.3 Å². The Kier molecular flexibility index (Phi) is 6.46. The Hall–Kier alpha value is -3.96. The van der Waals surface area contributed by atoms with Crippen LogP contribution in [0.5, 0.6) is 5.75 Å². The van der Waals surface area contributed by atoms with Gasteiger partial charge < -0.3 is 9.47 Å². The van der Waals surface area contributed by atoms with Gasteiger partial charge >= 0.3 is 5.97 Å². The molecule has 1 aliphatic heterocycles. The summed E-state index contributed by atoms with van der Waals surface area (Å²) in [5.41, 5.74) is 8.01. The summed E-state index contributed by atoms with van der Waals surface area (Å²) in [6.45, 7) is 4.36. The van der Waals surface area contributed by atoms with Crippen molar-refractivity contribution in [2.75, 3.05) is 6.61 Å². The molecule has 1 aliphatic carbocycles. The summed E-state index contributed by atoms with van der Waals surface area (Å²) >= 11 is 0. The fourth-order valence-electron chi connectivity index (χ4n) is 5.64. The molecule has 3 aromatic carbocycles. The SMILES string of the molecule is C=CC(=O)Oc1ccccc1/C(=C1\CCCc2ccccc21)c1ccc2c(cnn2C2CCCCO2)c1. The second-order valence-electron chi connectivity index (χ2n) is 9.67. The molecule has 0 spiro atoms. The normalized spacial score (nSPS) is 18.8. The van der Waals surface area contributed by atoms with Gasteiger partial charge in [0.05, 0.1) is 11.7 Å². The van der Waals surface area contributed by atoms with Crippen LogP contribution in [0.3, 0.4) is 0 Å². The molecular formula is C32H30N2O3. The number of allylic oxidation sites excluding steroid dienone is 1. The molecule has 186 valence electrons. The van der Waals surface area contributed by atoms with E-state index in [1.807, 2.05) is 35.1 Å². The molecule has 1 unspecified atom stereocenters. The highest BCUT2D eigenvalue weighted by Crippen LogP contribution is 2.43. The van der Waals surface area contributed by atoms with Gasteiger partial charge in [-0.25, -0.2) is 9.48 Å². The van der Waals surface area contributed by atoms with E-state index in [-0.39, 0.29) is 6.23 Å². The summed E-state index contributed by atoms with van der Waals surface area (Å²) in [6, 6.07) is 22.9. The summed E-state index contributed by atoms with van der Waals surface area (Å²) < 4.78 is 13.7. The first-order chi connectivity index (χ1) is 18.2. The van der Waals surface area contributed by atoms with E-state index in [0.29, 0.717) is 5.75 Å². The van der Waals surface area contributed by atoms with Crippen molar-refractivity contribution in [1.29, 1.82) is 0 Å². The van der Waals surface area contributed by atoms with E-state index in [1.165, 1.54) is 22.8 Å². The van der Waals surface area contributed by atoms with Crippen molar-refractivity contribution in [1.82, 2.24) is 9.78 Å². The maximum Gasteiger partial charge on any atom is 0.335 e. The minimum absolute atomic E-state index is 0.0146. The molecule has 0 radical (unpaired) electrons.